The summed E-state index contributed by atoms with van der Waals surface area (Å²) in [6.07, 6.45) is 3.16. The van der Waals surface area contributed by atoms with Gasteiger partial charge in [-0.15, -0.1) is 5.10 Å². The molecule has 160 valence electrons. The molecule has 0 bridgehead atoms. The molecule has 0 radical (unpaired) electrons. The minimum absolute atomic E-state index is 0.173. The zero-order chi connectivity index (χ0) is 22.3. The number of fused-ring (bicyclic) bond motifs is 2. The van der Waals surface area contributed by atoms with Crippen molar-refractivity contribution in [1.82, 2.24) is 29.9 Å². The zero-order valence-electron chi connectivity index (χ0n) is 17.3. The highest BCUT2D eigenvalue weighted by Crippen LogP contribution is 2.36. The first-order valence-electron chi connectivity index (χ1n) is 9.80. The molecule has 0 N–H and O–H groups in total. The van der Waals surface area contributed by atoms with Crippen LogP contribution in [0.3, 0.4) is 0 Å². The Kier molecular flexibility index (Phi) is 4.90. The van der Waals surface area contributed by atoms with Crippen LogP contribution in [0.1, 0.15) is 5.56 Å². The van der Waals surface area contributed by atoms with E-state index in [2.05, 4.69) is 25.3 Å². The molecular formula is C22H18FN6O2P. The molecule has 32 heavy (non-hydrogen) atoms. The molecule has 3 heterocycles. The Labute approximate surface area is 182 Å². The second-order valence-corrected chi connectivity index (χ2v) is 10.9. The van der Waals surface area contributed by atoms with Gasteiger partial charge in [-0.3, -0.25) is 4.98 Å². The van der Waals surface area contributed by atoms with E-state index in [0.717, 1.165) is 16.5 Å². The van der Waals surface area contributed by atoms with E-state index < -0.39 is 13.0 Å². The molecule has 0 fully saturated rings. The van der Waals surface area contributed by atoms with Crippen molar-refractivity contribution in [1.29, 1.82) is 0 Å². The zero-order valence-corrected chi connectivity index (χ0v) is 18.2. The molecule has 0 spiro atoms. The van der Waals surface area contributed by atoms with Crippen LogP contribution < -0.4 is 10.0 Å². The molecule has 8 nitrogen and oxygen atoms in total. The summed E-state index contributed by atoms with van der Waals surface area (Å²) in [5, 5.41) is 9.42. The van der Waals surface area contributed by atoms with Gasteiger partial charge in [0.15, 0.2) is 0 Å². The van der Waals surface area contributed by atoms with Crippen molar-refractivity contribution in [3.8, 4) is 11.6 Å². The van der Waals surface area contributed by atoms with E-state index in [1.54, 1.807) is 16.9 Å². The second kappa shape index (κ2) is 7.76. The predicted octanol–water partition coefficient (Wildman–Crippen LogP) is 4.00. The van der Waals surface area contributed by atoms with Crippen molar-refractivity contribution in [3.63, 3.8) is 0 Å². The van der Waals surface area contributed by atoms with Gasteiger partial charge in [-0.1, -0.05) is 17.3 Å². The minimum Gasteiger partial charge on any atom is -0.437 e. The van der Waals surface area contributed by atoms with Crippen molar-refractivity contribution >= 4 is 34.6 Å². The number of nitrogens with zero attached hydrogens (tertiary/aromatic N) is 6. The average molecular weight is 448 g/mol. The van der Waals surface area contributed by atoms with Gasteiger partial charge < -0.3 is 9.30 Å². The molecule has 0 amide bonds. The fourth-order valence-corrected chi connectivity index (χ4v) is 4.41. The number of hydrogen-bond donors (Lipinski definition) is 0. The topological polar surface area (TPSA) is 95.7 Å². The minimum atomic E-state index is -2.72. The maximum absolute atomic E-state index is 14.4. The van der Waals surface area contributed by atoms with Gasteiger partial charge in [-0.05, 0) is 49.2 Å². The molecule has 0 unspecified atom stereocenters. The Morgan fingerprint density at radius 1 is 1.09 bits per heavy atom. The molecule has 0 aliphatic rings. The Morgan fingerprint density at radius 3 is 2.78 bits per heavy atom. The highest BCUT2D eigenvalue weighted by Gasteiger charge is 2.17. The monoisotopic (exact) mass is 448 g/mol. The maximum Gasteiger partial charge on any atom is 0.240 e. The predicted molar refractivity (Wildman–Crippen MR) is 120 cm³/mol. The SMILES string of the molecule is CP(C)(=O)c1ccc(Oc2cnc3nnn(Cc4ccc5ncccc5c4)c3n2)cc1F. The van der Waals surface area contributed by atoms with E-state index in [0.29, 0.717) is 17.8 Å². The Morgan fingerprint density at radius 2 is 1.97 bits per heavy atom. The van der Waals surface area contributed by atoms with E-state index in [1.807, 2.05) is 30.3 Å². The van der Waals surface area contributed by atoms with Gasteiger partial charge in [0.25, 0.3) is 0 Å². The van der Waals surface area contributed by atoms with Crippen molar-refractivity contribution < 1.29 is 13.7 Å². The van der Waals surface area contributed by atoms with Gasteiger partial charge in [-0.25, -0.2) is 14.1 Å². The van der Waals surface area contributed by atoms with Gasteiger partial charge in [-0.2, -0.15) is 4.98 Å². The number of ether oxygens (including phenoxy) is 1. The van der Waals surface area contributed by atoms with E-state index in [9.17, 15) is 8.96 Å². The summed E-state index contributed by atoms with van der Waals surface area (Å²) in [5.74, 6) is -0.177. The van der Waals surface area contributed by atoms with Crippen LogP contribution >= 0.6 is 7.14 Å². The van der Waals surface area contributed by atoms with E-state index in [1.165, 1.54) is 31.7 Å². The lowest BCUT2D eigenvalue weighted by Gasteiger charge is -2.10. The summed E-state index contributed by atoms with van der Waals surface area (Å²) in [6.45, 7) is 3.47. The van der Waals surface area contributed by atoms with E-state index in [-0.39, 0.29) is 16.9 Å². The third kappa shape index (κ3) is 3.94. The van der Waals surface area contributed by atoms with E-state index in [4.69, 9.17) is 4.74 Å². The normalized spacial score (nSPS) is 11.8. The standard InChI is InChI=1S/C22H18FN6O2P/c1-32(2,30)19-8-6-16(11-17(19)23)31-20-12-25-21-22(26-20)29(28-27-21)13-14-5-7-18-15(10-14)4-3-9-24-18/h3-12H,13H2,1-2H3. The van der Waals surface area contributed by atoms with Crippen molar-refractivity contribution in [2.24, 2.45) is 0 Å². The fourth-order valence-electron chi connectivity index (χ4n) is 3.40. The van der Waals surface area contributed by atoms with Crippen LogP contribution in [0.15, 0.2) is 60.9 Å². The summed E-state index contributed by atoms with van der Waals surface area (Å²) in [5.41, 5.74) is 2.74. The van der Waals surface area contributed by atoms with E-state index >= 15 is 0 Å². The third-order valence-corrected chi connectivity index (χ3v) is 6.45. The van der Waals surface area contributed by atoms with Gasteiger partial charge in [0, 0.05) is 23.0 Å². The lowest BCUT2D eigenvalue weighted by Crippen LogP contribution is -2.08. The molecule has 0 aliphatic carbocycles. The summed E-state index contributed by atoms with van der Waals surface area (Å²) in [7, 11) is -2.72. The Bertz CT molecular complexity index is 1510. The lowest BCUT2D eigenvalue weighted by atomic mass is 10.1. The quantitative estimate of drug-likeness (QED) is 0.375. The van der Waals surface area contributed by atoms with Crippen LogP contribution in [0.4, 0.5) is 4.39 Å². The fraction of sp³-hybridized carbons (Fsp3) is 0.136. The number of aromatic nitrogens is 6. The number of rotatable bonds is 5. The van der Waals surface area contributed by atoms with Gasteiger partial charge in [0.05, 0.1) is 18.3 Å². The average Bonchev–Trinajstić information content (AvgIpc) is 3.15. The second-order valence-electron chi connectivity index (χ2n) is 7.70. The summed E-state index contributed by atoms with van der Waals surface area (Å²) < 4.78 is 33.8. The largest absolute Gasteiger partial charge is 0.437 e. The highest BCUT2D eigenvalue weighted by molar-refractivity contribution is 7.70. The first kappa shape index (κ1) is 20.2. The Balaban J connectivity index is 1.43. The molecule has 0 saturated carbocycles. The number of hydrogen-bond acceptors (Lipinski definition) is 7. The smallest absolute Gasteiger partial charge is 0.240 e. The van der Waals surface area contributed by atoms with Crippen molar-refractivity contribution in [3.05, 3.63) is 72.3 Å². The third-order valence-electron chi connectivity index (χ3n) is 4.93. The van der Waals surface area contributed by atoms with Crippen LogP contribution in [0.2, 0.25) is 0 Å². The lowest BCUT2D eigenvalue weighted by molar-refractivity contribution is 0.457. The van der Waals surface area contributed by atoms with Crippen LogP contribution in [0.25, 0.3) is 22.2 Å². The first-order chi connectivity index (χ1) is 15.4. The van der Waals surface area contributed by atoms with Crippen LogP contribution in [0, 0.1) is 5.82 Å². The molecule has 5 rings (SSSR count). The molecule has 0 aliphatic heterocycles. The van der Waals surface area contributed by atoms with Gasteiger partial charge >= 0.3 is 0 Å². The first-order valence-corrected chi connectivity index (χ1v) is 12.4. The molecule has 3 aromatic heterocycles. The summed E-state index contributed by atoms with van der Waals surface area (Å²) >= 11 is 0. The summed E-state index contributed by atoms with van der Waals surface area (Å²) in [6, 6.07) is 14.1. The molecule has 2 aromatic carbocycles. The molecule has 0 saturated heterocycles. The van der Waals surface area contributed by atoms with Gasteiger partial charge in [0.1, 0.15) is 18.7 Å². The van der Waals surface area contributed by atoms with Crippen LogP contribution in [-0.2, 0) is 11.1 Å². The summed E-state index contributed by atoms with van der Waals surface area (Å²) in [4.78, 5) is 13.0. The molecule has 0 atom stereocenters. The van der Waals surface area contributed by atoms with Crippen LogP contribution in [0.5, 0.6) is 11.6 Å². The number of halogens is 1. The van der Waals surface area contributed by atoms with Gasteiger partial charge in [0.2, 0.25) is 17.2 Å². The number of benzene rings is 2. The van der Waals surface area contributed by atoms with Crippen LogP contribution in [-0.4, -0.2) is 43.3 Å². The highest BCUT2D eigenvalue weighted by atomic mass is 31.2. The Hall–Kier alpha value is -3.71. The van der Waals surface area contributed by atoms with Crippen molar-refractivity contribution in [2.45, 2.75) is 6.54 Å². The molecule has 5 aromatic rings. The molecule has 10 heteroatoms. The molecular weight excluding hydrogens is 430 g/mol. The maximum atomic E-state index is 14.4. The number of pyridine rings is 1. The van der Waals surface area contributed by atoms with Crippen molar-refractivity contribution in [2.75, 3.05) is 13.3 Å².